The third kappa shape index (κ3) is 6.08. The first-order valence-corrected chi connectivity index (χ1v) is 11.6. The van der Waals surface area contributed by atoms with E-state index >= 15 is 0 Å². The van der Waals surface area contributed by atoms with Crippen molar-refractivity contribution in [3.05, 3.63) is 101 Å². The van der Waals surface area contributed by atoms with Crippen LogP contribution in [0.4, 0.5) is 5.82 Å². The zero-order valence-electron chi connectivity index (χ0n) is 18.7. The van der Waals surface area contributed by atoms with Gasteiger partial charge in [0.2, 0.25) is 5.91 Å². The highest BCUT2D eigenvalue weighted by atomic mass is 35.5. The molecule has 0 spiro atoms. The van der Waals surface area contributed by atoms with Gasteiger partial charge in [-0.1, -0.05) is 79.2 Å². The van der Waals surface area contributed by atoms with Crippen molar-refractivity contribution in [2.45, 2.75) is 32.9 Å². The van der Waals surface area contributed by atoms with Crippen molar-refractivity contribution in [2.75, 3.05) is 11.4 Å². The van der Waals surface area contributed by atoms with Crippen molar-refractivity contribution in [3.8, 4) is 0 Å². The van der Waals surface area contributed by atoms with Gasteiger partial charge in [-0.25, -0.2) is 9.97 Å². The molecule has 1 amide bonds. The summed E-state index contributed by atoms with van der Waals surface area (Å²) in [6.07, 6.45) is 1.08. The second-order valence-corrected chi connectivity index (χ2v) is 8.33. The number of halogens is 1. The number of nitrogens with zero attached hydrogens (tertiary/aromatic N) is 3. The van der Waals surface area contributed by atoms with E-state index in [0.29, 0.717) is 37.5 Å². The van der Waals surface area contributed by atoms with Crippen LogP contribution in [-0.4, -0.2) is 22.4 Å². The van der Waals surface area contributed by atoms with E-state index in [-0.39, 0.29) is 5.91 Å². The summed E-state index contributed by atoms with van der Waals surface area (Å²) >= 11 is 6.24. The van der Waals surface area contributed by atoms with Crippen molar-refractivity contribution in [2.24, 2.45) is 0 Å². The molecule has 0 saturated carbocycles. The maximum Gasteiger partial charge on any atom is 0.222 e. The number of hydrogen-bond donors (Lipinski definition) is 1. The Balaban J connectivity index is 1.58. The molecule has 0 aliphatic carbocycles. The molecule has 5 nitrogen and oxygen atoms in total. The van der Waals surface area contributed by atoms with Crippen LogP contribution in [0.5, 0.6) is 0 Å². The van der Waals surface area contributed by atoms with E-state index < -0.39 is 0 Å². The second-order valence-electron chi connectivity index (χ2n) is 7.90. The summed E-state index contributed by atoms with van der Waals surface area (Å²) in [5.74, 6) is 1.59. The Kier molecular flexibility index (Phi) is 7.53. The minimum atomic E-state index is 0.00837. The molecule has 6 heteroatoms. The van der Waals surface area contributed by atoms with Crippen molar-refractivity contribution >= 4 is 34.2 Å². The molecule has 1 heterocycles. The molecular weight excluding hydrogens is 432 g/mol. The lowest BCUT2D eigenvalue weighted by atomic mass is 10.1. The van der Waals surface area contributed by atoms with E-state index in [1.54, 1.807) is 0 Å². The van der Waals surface area contributed by atoms with E-state index in [1.165, 1.54) is 0 Å². The number of nitrogens with one attached hydrogen (secondary N) is 1. The SMILES string of the molecule is CCc1nc(N(CCC(=O)NCc2ccccc2)Cc2ccccc2)c2ccc(Cl)cc2n1. The average Bonchev–Trinajstić information content (AvgIpc) is 2.85. The van der Waals surface area contributed by atoms with Gasteiger partial charge in [-0.05, 0) is 29.3 Å². The summed E-state index contributed by atoms with van der Waals surface area (Å²) in [6, 6.07) is 25.8. The standard InChI is InChI=1S/C27H27ClN4O/c1-2-25-30-24-17-22(28)13-14-23(24)27(31-25)32(19-21-11-7-4-8-12-21)16-15-26(33)29-18-20-9-5-3-6-10-20/h3-14,17H,2,15-16,18-19H2,1H3,(H,29,33). The van der Waals surface area contributed by atoms with Gasteiger partial charge in [0.25, 0.3) is 0 Å². The molecule has 0 saturated heterocycles. The number of carbonyl (C=O) groups excluding carboxylic acids is 1. The molecule has 0 radical (unpaired) electrons. The van der Waals surface area contributed by atoms with Gasteiger partial charge in [0.15, 0.2) is 0 Å². The minimum absolute atomic E-state index is 0.00837. The fourth-order valence-corrected chi connectivity index (χ4v) is 3.88. The van der Waals surface area contributed by atoms with Crippen LogP contribution in [0.3, 0.4) is 0 Å². The largest absolute Gasteiger partial charge is 0.352 e. The van der Waals surface area contributed by atoms with Crippen molar-refractivity contribution in [3.63, 3.8) is 0 Å². The molecule has 0 atom stereocenters. The van der Waals surface area contributed by atoms with Crippen molar-refractivity contribution in [1.82, 2.24) is 15.3 Å². The van der Waals surface area contributed by atoms with E-state index in [0.717, 1.165) is 33.7 Å². The molecule has 0 aliphatic rings. The fourth-order valence-electron chi connectivity index (χ4n) is 3.72. The quantitative estimate of drug-likeness (QED) is 0.357. The van der Waals surface area contributed by atoms with Gasteiger partial charge >= 0.3 is 0 Å². The lowest BCUT2D eigenvalue weighted by Gasteiger charge is -2.25. The zero-order valence-corrected chi connectivity index (χ0v) is 19.4. The predicted octanol–water partition coefficient (Wildman–Crippen LogP) is 5.56. The number of hydrogen-bond acceptors (Lipinski definition) is 4. The molecule has 0 unspecified atom stereocenters. The average molecular weight is 459 g/mol. The topological polar surface area (TPSA) is 58.1 Å². The molecular formula is C27H27ClN4O. The van der Waals surface area contributed by atoms with Gasteiger partial charge in [0, 0.05) is 42.9 Å². The Bertz CT molecular complexity index is 1210. The summed E-state index contributed by atoms with van der Waals surface area (Å²) in [4.78, 5) is 24.3. The predicted molar refractivity (Wildman–Crippen MR) is 134 cm³/mol. The van der Waals surface area contributed by atoms with Crippen LogP contribution in [0.1, 0.15) is 30.3 Å². The van der Waals surface area contributed by atoms with Gasteiger partial charge in [0.05, 0.1) is 5.52 Å². The lowest BCUT2D eigenvalue weighted by molar-refractivity contribution is -0.121. The highest BCUT2D eigenvalue weighted by Gasteiger charge is 2.17. The number of rotatable bonds is 9. The summed E-state index contributed by atoms with van der Waals surface area (Å²) in [7, 11) is 0. The van der Waals surface area contributed by atoms with Crippen molar-refractivity contribution < 1.29 is 4.79 Å². The number of anilines is 1. The molecule has 1 N–H and O–H groups in total. The van der Waals surface area contributed by atoms with Crippen LogP contribution in [0.2, 0.25) is 5.02 Å². The van der Waals surface area contributed by atoms with Crippen LogP contribution in [-0.2, 0) is 24.3 Å². The van der Waals surface area contributed by atoms with E-state index in [9.17, 15) is 4.79 Å². The number of aromatic nitrogens is 2. The summed E-state index contributed by atoms with van der Waals surface area (Å²) in [6.45, 7) is 3.74. The first-order valence-electron chi connectivity index (χ1n) is 11.2. The molecule has 1 aromatic heterocycles. The first-order chi connectivity index (χ1) is 16.1. The van der Waals surface area contributed by atoms with Crippen molar-refractivity contribution in [1.29, 1.82) is 0 Å². The first kappa shape index (κ1) is 22.7. The number of fused-ring (bicyclic) bond motifs is 1. The highest BCUT2D eigenvalue weighted by molar-refractivity contribution is 6.31. The number of benzene rings is 3. The number of amides is 1. The summed E-state index contributed by atoms with van der Waals surface area (Å²) in [5, 5.41) is 4.59. The molecule has 4 rings (SSSR count). The van der Waals surface area contributed by atoms with Crippen LogP contribution in [0.25, 0.3) is 10.9 Å². The second kappa shape index (κ2) is 10.9. The molecule has 4 aromatic rings. The lowest BCUT2D eigenvalue weighted by Crippen LogP contribution is -2.31. The van der Waals surface area contributed by atoms with Gasteiger partial charge in [-0.3, -0.25) is 4.79 Å². The fraction of sp³-hybridized carbons (Fsp3) is 0.222. The van der Waals surface area contributed by atoms with E-state index in [2.05, 4.69) is 27.3 Å². The Labute approximate surface area is 199 Å². The maximum atomic E-state index is 12.6. The zero-order chi connectivity index (χ0) is 23.0. The smallest absolute Gasteiger partial charge is 0.222 e. The number of aryl methyl sites for hydroxylation is 1. The Morgan fingerprint density at radius 2 is 1.64 bits per heavy atom. The normalized spacial score (nSPS) is 10.8. The van der Waals surface area contributed by atoms with Gasteiger partial charge in [0.1, 0.15) is 11.6 Å². The number of carbonyl (C=O) groups is 1. The monoisotopic (exact) mass is 458 g/mol. The van der Waals surface area contributed by atoms with Crippen LogP contribution < -0.4 is 10.2 Å². The van der Waals surface area contributed by atoms with Gasteiger partial charge < -0.3 is 10.2 Å². The van der Waals surface area contributed by atoms with Crippen LogP contribution >= 0.6 is 11.6 Å². The Morgan fingerprint density at radius 1 is 0.939 bits per heavy atom. The molecule has 0 aliphatic heterocycles. The van der Waals surface area contributed by atoms with Crippen LogP contribution in [0, 0.1) is 0 Å². The Morgan fingerprint density at radius 3 is 2.33 bits per heavy atom. The maximum absolute atomic E-state index is 12.6. The van der Waals surface area contributed by atoms with E-state index in [1.807, 2.05) is 73.7 Å². The van der Waals surface area contributed by atoms with Gasteiger partial charge in [-0.15, -0.1) is 0 Å². The molecule has 0 fully saturated rings. The molecule has 33 heavy (non-hydrogen) atoms. The highest BCUT2D eigenvalue weighted by Crippen LogP contribution is 2.28. The molecule has 3 aromatic carbocycles. The molecule has 168 valence electrons. The summed E-state index contributed by atoms with van der Waals surface area (Å²) < 4.78 is 0. The summed E-state index contributed by atoms with van der Waals surface area (Å²) in [5.41, 5.74) is 3.05. The third-order valence-corrected chi connectivity index (χ3v) is 5.69. The van der Waals surface area contributed by atoms with E-state index in [4.69, 9.17) is 16.6 Å². The van der Waals surface area contributed by atoms with Crippen LogP contribution in [0.15, 0.2) is 78.9 Å². The van der Waals surface area contributed by atoms with Gasteiger partial charge in [-0.2, -0.15) is 0 Å². The Hall–Kier alpha value is -3.44. The third-order valence-electron chi connectivity index (χ3n) is 5.46. The minimum Gasteiger partial charge on any atom is -0.352 e. The molecule has 0 bridgehead atoms.